The number of carbonyl (C=O) groups is 2. The summed E-state index contributed by atoms with van der Waals surface area (Å²) in [6.07, 6.45) is 1.56. The van der Waals surface area contributed by atoms with E-state index in [9.17, 15) is 9.59 Å². The largest absolute Gasteiger partial charge is 0.352 e. The van der Waals surface area contributed by atoms with Gasteiger partial charge in [0.1, 0.15) is 6.04 Å². The Morgan fingerprint density at radius 1 is 0.882 bits per heavy atom. The van der Waals surface area contributed by atoms with Crippen molar-refractivity contribution in [1.29, 1.82) is 0 Å². The van der Waals surface area contributed by atoms with Crippen molar-refractivity contribution in [3.8, 4) is 0 Å². The Bertz CT molecular complexity index is 1090. The fourth-order valence-corrected chi connectivity index (χ4v) is 4.06. The number of benzene rings is 3. The van der Waals surface area contributed by atoms with Crippen LogP contribution in [0, 0.1) is 13.8 Å². The van der Waals surface area contributed by atoms with Crippen molar-refractivity contribution in [3.05, 3.63) is 107 Å². The van der Waals surface area contributed by atoms with E-state index in [1.165, 1.54) is 0 Å². The minimum atomic E-state index is -0.603. The van der Waals surface area contributed by atoms with E-state index in [1.54, 1.807) is 4.90 Å². The molecule has 3 aromatic rings. The molecule has 0 aromatic heterocycles. The van der Waals surface area contributed by atoms with Gasteiger partial charge in [-0.3, -0.25) is 9.59 Å². The van der Waals surface area contributed by atoms with Crippen LogP contribution in [0.4, 0.5) is 0 Å². The van der Waals surface area contributed by atoms with Gasteiger partial charge in [0.2, 0.25) is 11.8 Å². The lowest BCUT2D eigenvalue weighted by molar-refractivity contribution is -0.141. The van der Waals surface area contributed by atoms with Gasteiger partial charge in [0.25, 0.3) is 0 Å². The third-order valence-corrected chi connectivity index (χ3v) is 6.31. The molecule has 0 aliphatic rings. The van der Waals surface area contributed by atoms with Gasteiger partial charge >= 0.3 is 0 Å². The quantitative estimate of drug-likeness (QED) is 0.444. The van der Waals surface area contributed by atoms with Crippen LogP contribution in [0.2, 0.25) is 0 Å². The van der Waals surface area contributed by atoms with Crippen LogP contribution in [0.1, 0.15) is 48.1 Å². The molecule has 1 N–H and O–H groups in total. The van der Waals surface area contributed by atoms with Gasteiger partial charge < -0.3 is 10.2 Å². The number of amides is 2. The van der Waals surface area contributed by atoms with E-state index in [4.69, 9.17) is 0 Å². The van der Waals surface area contributed by atoms with E-state index in [0.717, 1.165) is 34.2 Å². The number of carbonyl (C=O) groups excluding carboxylic acids is 2. The zero-order chi connectivity index (χ0) is 24.5. The summed E-state index contributed by atoms with van der Waals surface area (Å²) < 4.78 is 0. The number of aryl methyl sites for hydroxylation is 2. The first-order chi connectivity index (χ1) is 16.4. The van der Waals surface area contributed by atoms with Crippen LogP contribution < -0.4 is 5.32 Å². The topological polar surface area (TPSA) is 49.4 Å². The number of hydrogen-bond donors (Lipinski definition) is 1. The van der Waals surface area contributed by atoms with Gasteiger partial charge in [-0.05, 0) is 49.4 Å². The summed E-state index contributed by atoms with van der Waals surface area (Å²) in [5.74, 6) is -0.154. The standard InChI is InChI=1S/C30H36N2O2/c1-5-24(4)31-30(34)28(19-25-14-7-6-8-15-25)32(21-27-17-10-9-13-23(27)3)29(33)20-26-16-11-12-22(2)18-26/h6-18,24,28H,5,19-21H2,1-4H3,(H,31,34)/t24-,28-/m0/s1. The highest BCUT2D eigenvalue weighted by atomic mass is 16.2. The molecule has 0 bridgehead atoms. The Morgan fingerprint density at radius 2 is 1.56 bits per heavy atom. The molecule has 0 aliphatic carbocycles. The molecule has 0 unspecified atom stereocenters. The number of rotatable bonds is 10. The Balaban J connectivity index is 1.98. The number of nitrogens with zero attached hydrogens (tertiary/aromatic N) is 1. The molecule has 3 aromatic carbocycles. The van der Waals surface area contributed by atoms with Crippen molar-refractivity contribution >= 4 is 11.8 Å². The Morgan fingerprint density at radius 3 is 2.24 bits per heavy atom. The van der Waals surface area contributed by atoms with Crippen LogP contribution in [0.5, 0.6) is 0 Å². The summed E-state index contributed by atoms with van der Waals surface area (Å²) in [7, 11) is 0. The van der Waals surface area contributed by atoms with Crippen molar-refractivity contribution in [3.63, 3.8) is 0 Å². The van der Waals surface area contributed by atoms with Gasteiger partial charge in [0.05, 0.1) is 6.42 Å². The molecule has 3 rings (SSSR count). The molecular formula is C30H36N2O2. The SMILES string of the molecule is CC[C@H](C)NC(=O)[C@H](Cc1ccccc1)N(Cc1ccccc1C)C(=O)Cc1cccc(C)c1. The zero-order valence-electron chi connectivity index (χ0n) is 20.8. The van der Waals surface area contributed by atoms with Gasteiger partial charge in [-0.15, -0.1) is 0 Å². The summed E-state index contributed by atoms with van der Waals surface area (Å²) in [4.78, 5) is 29.1. The van der Waals surface area contributed by atoms with Gasteiger partial charge in [-0.1, -0.05) is 91.3 Å². The first-order valence-electron chi connectivity index (χ1n) is 12.1. The van der Waals surface area contributed by atoms with E-state index >= 15 is 0 Å². The Hall–Kier alpha value is -3.40. The van der Waals surface area contributed by atoms with Gasteiger partial charge in [0.15, 0.2) is 0 Å². The summed E-state index contributed by atoms with van der Waals surface area (Å²) in [5, 5.41) is 3.13. The van der Waals surface area contributed by atoms with Crippen molar-refractivity contribution in [1.82, 2.24) is 10.2 Å². The number of hydrogen-bond acceptors (Lipinski definition) is 2. The zero-order valence-corrected chi connectivity index (χ0v) is 20.8. The number of nitrogens with one attached hydrogen (secondary N) is 1. The maximum atomic E-state index is 13.8. The summed E-state index contributed by atoms with van der Waals surface area (Å²) in [5.41, 5.74) is 5.27. The molecule has 4 heteroatoms. The van der Waals surface area contributed by atoms with Crippen LogP contribution in [0.15, 0.2) is 78.9 Å². The summed E-state index contributed by atoms with van der Waals surface area (Å²) >= 11 is 0. The van der Waals surface area contributed by atoms with E-state index in [0.29, 0.717) is 13.0 Å². The van der Waals surface area contributed by atoms with Crippen molar-refractivity contribution in [2.75, 3.05) is 0 Å². The smallest absolute Gasteiger partial charge is 0.243 e. The molecule has 4 nitrogen and oxygen atoms in total. The third kappa shape index (κ3) is 7.05. The molecule has 0 spiro atoms. The molecule has 0 aliphatic heterocycles. The molecule has 178 valence electrons. The minimum absolute atomic E-state index is 0.0398. The lowest BCUT2D eigenvalue weighted by Crippen LogP contribution is -2.52. The van der Waals surface area contributed by atoms with Gasteiger partial charge in [-0.25, -0.2) is 0 Å². The van der Waals surface area contributed by atoms with E-state index in [-0.39, 0.29) is 24.3 Å². The van der Waals surface area contributed by atoms with Crippen LogP contribution in [0.25, 0.3) is 0 Å². The fraction of sp³-hybridized carbons (Fsp3) is 0.333. The average molecular weight is 457 g/mol. The summed E-state index contributed by atoms with van der Waals surface area (Å²) in [6.45, 7) is 8.51. The maximum absolute atomic E-state index is 13.8. The van der Waals surface area contributed by atoms with Crippen LogP contribution in [0.3, 0.4) is 0 Å². The predicted octanol–water partition coefficient (Wildman–Crippen LogP) is 5.40. The van der Waals surface area contributed by atoms with E-state index in [2.05, 4.69) is 5.32 Å². The van der Waals surface area contributed by atoms with Crippen LogP contribution in [-0.4, -0.2) is 28.8 Å². The lowest BCUT2D eigenvalue weighted by atomic mass is 10.00. The monoisotopic (exact) mass is 456 g/mol. The third-order valence-electron chi connectivity index (χ3n) is 6.31. The molecule has 0 saturated carbocycles. The normalized spacial score (nSPS) is 12.6. The highest BCUT2D eigenvalue weighted by molar-refractivity contribution is 5.89. The molecule has 0 fully saturated rings. The maximum Gasteiger partial charge on any atom is 0.243 e. The molecule has 34 heavy (non-hydrogen) atoms. The first-order valence-corrected chi connectivity index (χ1v) is 12.1. The second-order valence-electron chi connectivity index (χ2n) is 9.14. The molecular weight excluding hydrogens is 420 g/mol. The van der Waals surface area contributed by atoms with Gasteiger partial charge in [0, 0.05) is 19.0 Å². The van der Waals surface area contributed by atoms with Crippen molar-refractivity contribution in [2.24, 2.45) is 0 Å². The minimum Gasteiger partial charge on any atom is -0.352 e. The predicted molar refractivity (Wildman–Crippen MR) is 138 cm³/mol. The molecule has 2 amide bonds. The fourth-order valence-electron chi connectivity index (χ4n) is 4.06. The summed E-state index contributed by atoms with van der Waals surface area (Å²) in [6, 6.07) is 25.4. The average Bonchev–Trinajstić information content (AvgIpc) is 2.82. The highest BCUT2D eigenvalue weighted by Crippen LogP contribution is 2.19. The molecule has 0 radical (unpaired) electrons. The van der Waals surface area contributed by atoms with Crippen LogP contribution in [-0.2, 0) is 29.0 Å². The Kier molecular flexibility index (Phi) is 9.03. The van der Waals surface area contributed by atoms with E-state index in [1.807, 2.05) is 107 Å². The second kappa shape index (κ2) is 12.2. The van der Waals surface area contributed by atoms with Crippen molar-refractivity contribution < 1.29 is 9.59 Å². The molecule has 2 atom stereocenters. The van der Waals surface area contributed by atoms with Gasteiger partial charge in [-0.2, -0.15) is 0 Å². The second-order valence-corrected chi connectivity index (χ2v) is 9.14. The molecule has 0 saturated heterocycles. The lowest BCUT2D eigenvalue weighted by Gasteiger charge is -2.33. The molecule has 0 heterocycles. The first kappa shape index (κ1) is 25.2. The van der Waals surface area contributed by atoms with E-state index < -0.39 is 6.04 Å². The van der Waals surface area contributed by atoms with Crippen LogP contribution >= 0.6 is 0 Å². The highest BCUT2D eigenvalue weighted by Gasteiger charge is 2.31. The Labute approximate surface area is 204 Å². The van der Waals surface area contributed by atoms with Crippen molar-refractivity contribution in [2.45, 2.75) is 65.6 Å².